The first-order valence-electron chi connectivity index (χ1n) is 7.79. The molecule has 4 aromatic rings. The molecule has 4 rings (SSSR count). The predicted octanol–water partition coefficient (Wildman–Crippen LogP) is 6.82. The second kappa shape index (κ2) is 7.84. The molecule has 0 spiro atoms. The molecule has 0 N–H and O–H groups in total. The van der Waals surface area contributed by atoms with E-state index in [1.807, 2.05) is 42.5 Å². The van der Waals surface area contributed by atoms with Gasteiger partial charge in [-0.1, -0.05) is 29.3 Å². The molecule has 7 heteroatoms. The Morgan fingerprint density at radius 1 is 0.962 bits per heavy atom. The van der Waals surface area contributed by atoms with Crippen LogP contribution in [-0.2, 0) is 13.2 Å². The van der Waals surface area contributed by atoms with Gasteiger partial charge >= 0.3 is 0 Å². The van der Waals surface area contributed by atoms with Crippen molar-refractivity contribution in [2.75, 3.05) is 0 Å². The molecule has 0 aliphatic rings. The third kappa shape index (κ3) is 3.96. The summed E-state index contributed by atoms with van der Waals surface area (Å²) in [5, 5.41) is 3.52. The lowest BCUT2D eigenvalue weighted by molar-refractivity contribution is 0.292. The Hall–Kier alpha value is -1.79. The highest BCUT2D eigenvalue weighted by Gasteiger charge is 2.09. The zero-order valence-corrected chi connectivity index (χ0v) is 16.6. The van der Waals surface area contributed by atoms with Gasteiger partial charge in [-0.15, -0.1) is 22.7 Å². The summed E-state index contributed by atoms with van der Waals surface area (Å²) in [5.41, 5.74) is 1.03. The zero-order valence-electron chi connectivity index (χ0n) is 13.4. The van der Waals surface area contributed by atoms with Crippen LogP contribution in [0.4, 0.5) is 0 Å². The number of halogens is 2. The molecule has 0 atom stereocenters. The normalized spacial score (nSPS) is 11.0. The van der Waals surface area contributed by atoms with Gasteiger partial charge in [0.2, 0.25) is 0 Å². The quantitative estimate of drug-likeness (QED) is 0.320. The number of rotatable bonds is 6. The number of ether oxygens (including phenoxy) is 2. The summed E-state index contributed by atoms with van der Waals surface area (Å²) in [4.78, 5) is 5.23. The smallest absolute Gasteiger partial charge is 0.138 e. The minimum Gasteiger partial charge on any atom is -0.489 e. The maximum Gasteiger partial charge on any atom is 0.138 e. The van der Waals surface area contributed by atoms with E-state index < -0.39 is 0 Å². The van der Waals surface area contributed by atoms with E-state index in [4.69, 9.17) is 32.7 Å². The fraction of sp³-hybridized carbons (Fsp3) is 0.105. The van der Waals surface area contributed by atoms with Crippen LogP contribution in [0.5, 0.6) is 11.5 Å². The van der Waals surface area contributed by atoms with Crippen molar-refractivity contribution in [2.24, 2.45) is 0 Å². The lowest BCUT2D eigenvalue weighted by Crippen LogP contribution is -1.96. The number of hydrogen-bond acceptors (Lipinski definition) is 5. The SMILES string of the molecule is Clc1ccc(COc2cccc(OCc3csc4ccnc(Cl)c34)c2)s1. The molecule has 0 unspecified atom stereocenters. The third-order valence-corrected chi connectivity index (χ3v) is 6.21. The average Bonchev–Trinajstić information content (AvgIpc) is 3.25. The van der Waals surface area contributed by atoms with Gasteiger partial charge in [0.15, 0.2) is 0 Å². The number of hydrogen-bond donors (Lipinski definition) is 0. The lowest BCUT2D eigenvalue weighted by Gasteiger charge is -2.09. The van der Waals surface area contributed by atoms with Crippen molar-refractivity contribution in [3.05, 3.63) is 74.0 Å². The number of aromatic nitrogens is 1. The summed E-state index contributed by atoms with van der Waals surface area (Å²) in [5.74, 6) is 1.49. The maximum atomic E-state index is 6.22. The molecule has 0 aliphatic heterocycles. The van der Waals surface area contributed by atoms with E-state index in [0.717, 1.165) is 36.4 Å². The van der Waals surface area contributed by atoms with Crippen LogP contribution < -0.4 is 9.47 Å². The summed E-state index contributed by atoms with van der Waals surface area (Å²) < 4.78 is 13.6. The van der Waals surface area contributed by atoms with Crippen molar-refractivity contribution in [1.29, 1.82) is 0 Å². The predicted molar refractivity (Wildman–Crippen MR) is 109 cm³/mol. The molecular formula is C19H13Cl2NO2S2. The van der Waals surface area contributed by atoms with Crippen LogP contribution in [0.25, 0.3) is 10.1 Å². The third-order valence-electron chi connectivity index (χ3n) is 3.73. The van der Waals surface area contributed by atoms with Crippen molar-refractivity contribution >= 4 is 56.0 Å². The molecule has 0 saturated heterocycles. The molecule has 3 aromatic heterocycles. The van der Waals surface area contributed by atoms with Gasteiger partial charge in [-0.2, -0.15) is 0 Å². The number of fused-ring (bicyclic) bond motifs is 1. The van der Waals surface area contributed by atoms with Gasteiger partial charge in [-0.25, -0.2) is 4.98 Å². The Balaban J connectivity index is 1.43. The second-order valence-corrected chi connectivity index (χ2v) is 8.56. The summed E-state index contributed by atoms with van der Waals surface area (Å²) >= 11 is 15.3. The van der Waals surface area contributed by atoms with Crippen molar-refractivity contribution in [2.45, 2.75) is 13.2 Å². The molecule has 132 valence electrons. The summed E-state index contributed by atoms with van der Waals surface area (Å²) in [6, 6.07) is 13.4. The van der Waals surface area contributed by atoms with Gasteiger partial charge in [0.05, 0.1) is 4.34 Å². The van der Waals surface area contributed by atoms with E-state index >= 15 is 0 Å². The monoisotopic (exact) mass is 421 g/mol. The van der Waals surface area contributed by atoms with Gasteiger partial charge in [0.25, 0.3) is 0 Å². The molecule has 0 amide bonds. The number of benzene rings is 1. The van der Waals surface area contributed by atoms with Crippen LogP contribution in [-0.4, -0.2) is 4.98 Å². The van der Waals surface area contributed by atoms with E-state index in [-0.39, 0.29) is 0 Å². The van der Waals surface area contributed by atoms with Gasteiger partial charge in [0.1, 0.15) is 29.9 Å². The highest BCUT2D eigenvalue weighted by Crippen LogP contribution is 2.32. The first-order valence-corrected chi connectivity index (χ1v) is 10.2. The van der Waals surface area contributed by atoms with Crippen LogP contribution in [0.3, 0.4) is 0 Å². The second-order valence-electron chi connectivity index (χ2n) is 5.49. The summed E-state index contributed by atoms with van der Waals surface area (Å²) in [6.07, 6.45) is 1.72. The van der Waals surface area contributed by atoms with E-state index in [9.17, 15) is 0 Å². The standard InChI is InChI=1S/C19H13Cl2NO2S2/c20-17-5-4-15(26-17)10-24-14-3-1-2-13(8-14)23-9-12-11-25-16-6-7-22-19(21)18(12)16/h1-8,11H,9-10H2. The average molecular weight is 422 g/mol. The molecule has 0 radical (unpaired) electrons. The van der Waals surface area contributed by atoms with E-state index in [2.05, 4.69) is 10.4 Å². The Labute approximate surface area is 168 Å². The zero-order chi connectivity index (χ0) is 17.9. The Bertz CT molecular complexity index is 1040. The lowest BCUT2D eigenvalue weighted by atomic mass is 10.2. The van der Waals surface area contributed by atoms with Crippen molar-refractivity contribution in [1.82, 2.24) is 4.98 Å². The fourth-order valence-corrected chi connectivity index (χ4v) is 4.78. The number of thiophene rings is 2. The number of pyridine rings is 1. The topological polar surface area (TPSA) is 31.4 Å². The highest BCUT2D eigenvalue weighted by molar-refractivity contribution is 7.17. The molecule has 3 nitrogen and oxygen atoms in total. The Morgan fingerprint density at radius 2 is 1.77 bits per heavy atom. The van der Waals surface area contributed by atoms with E-state index in [1.165, 1.54) is 11.3 Å². The molecule has 26 heavy (non-hydrogen) atoms. The highest BCUT2D eigenvalue weighted by atomic mass is 35.5. The van der Waals surface area contributed by atoms with E-state index in [1.54, 1.807) is 17.5 Å². The largest absolute Gasteiger partial charge is 0.489 e. The molecule has 0 saturated carbocycles. The van der Waals surface area contributed by atoms with Gasteiger partial charge < -0.3 is 9.47 Å². The van der Waals surface area contributed by atoms with Gasteiger partial charge in [0, 0.05) is 32.8 Å². The minimum absolute atomic E-state index is 0.426. The molecule has 0 fully saturated rings. The van der Waals surface area contributed by atoms with Crippen LogP contribution in [0, 0.1) is 0 Å². The van der Waals surface area contributed by atoms with Crippen molar-refractivity contribution in [3.63, 3.8) is 0 Å². The summed E-state index contributed by atoms with van der Waals surface area (Å²) in [6.45, 7) is 0.909. The van der Waals surface area contributed by atoms with Crippen LogP contribution >= 0.6 is 45.9 Å². The van der Waals surface area contributed by atoms with Gasteiger partial charge in [-0.3, -0.25) is 0 Å². The van der Waals surface area contributed by atoms with Gasteiger partial charge in [-0.05, 0) is 35.7 Å². The molecule has 0 bridgehead atoms. The number of nitrogens with zero attached hydrogens (tertiary/aromatic N) is 1. The van der Waals surface area contributed by atoms with Crippen molar-refractivity contribution in [3.8, 4) is 11.5 Å². The minimum atomic E-state index is 0.426. The van der Waals surface area contributed by atoms with Crippen LogP contribution in [0.2, 0.25) is 9.49 Å². The Morgan fingerprint density at radius 3 is 2.54 bits per heavy atom. The fourth-order valence-electron chi connectivity index (χ4n) is 2.51. The summed E-state index contributed by atoms with van der Waals surface area (Å²) in [7, 11) is 0. The molecular weight excluding hydrogens is 409 g/mol. The molecule has 1 aromatic carbocycles. The van der Waals surface area contributed by atoms with Crippen LogP contribution in [0.1, 0.15) is 10.4 Å². The first kappa shape index (κ1) is 17.6. The maximum absolute atomic E-state index is 6.22. The Kier molecular flexibility index (Phi) is 5.31. The first-order chi connectivity index (χ1) is 12.7. The molecule has 0 aliphatic carbocycles. The van der Waals surface area contributed by atoms with E-state index in [0.29, 0.717) is 18.4 Å². The van der Waals surface area contributed by atoms with Crippen LogP contribution in [0.15, 0.2) is 54.0 Å². The molecule has 3 heterocycles. The van der Waals surface area contributed by atoms with Crippen molar-refractivity contribution < 1.29 is 9.47 Å².